The van der Waals surface area contributed by atoms with Crippen LogP contribution in [0.25, 0.3) is 11.4 Å². The lowest BCUT2D eigenvalue weighted by molar-refractivity contribution is -0.144. The van der Waals surface area contributed by atoms with E-state index in [9.17, 15) is 14.7 Å². The summed E-state index contributed by atoms with van der Waals surface area (Å²) in [5, 5.41) is 21.0. The number of likely N-dealkylation sites (tertiary alicyclic amines) is 1. The molecule has 0 aliphatic carbocycles. The minimum absolute atomic E-state index is 0.0997. The number of aliphatic hydroxyl groups is 1. The van der Waals surface area contributed by atoms with Crippen LogP contribution in [0.3, 0.4) is 0 Å². The summed E-state index contributed by atoms with van der Waals surface area (Å²) in [6, 6.07) is 3.87. The van der Waals surface area contributed by atoms with E-state index in [1.165, 1.54) is 23.7 Å². The summed E-state index contributed by atoms with van der Waals surface area (Å²) < 4.78 is 6.66. The molecule has 10 heteroatoms. The Kier molecular flexibility index (Phi) is 6.06. The third-order valence-electron chi connectivity index (χ3n) is 5.14. The highest BCUT2D eigenvalue weighted by atomic mass is 16.5. The molecule has 3 atom stereocenters. The number of amides is 2. The van der Waals surface area contributed by atoms with Gasteiger partial charge in [-0.25, -0.2) is 9.67 Å². The molecule has 1 saturated heterocycles. The fourth-order valence-electron chi connectivity index (χ4n) is 3.70. The number of carbonyl (C=O) groups excluding carboxylic acids is 2. The molecule has 1 aliphatic rings. The average molecular weight is 416 g/mol. The Morgan fingerprint density at radius 1 is 1.30 bits per heavy atom. The van der Waals surface area contributed by atoms with E-state index in [4.69, 9.17) is 4.74 Å². The zero-order chi connectivity index (χ0) is 22.1. The fraction of sp³-hybridized carbons (Fsp3) is 0.550. The summed E-state index contributed by atoms with van der Waals surface area (Å²) in [4.78, 5) is 31.6. The molecule has 3 heterocycles. The first kappa shape index (κ1) is 21.7. The number of nitrogens with zero attached hydrogens (tertiary/aromatic N) is 5. The molecule has 0 spiro atoms. The molecule has 162 valence electrons. The monoisotopic (exact) mass is 416 g/mol. The second-order valence-electron chi connectivity index (χ2n) is 8.43. The van der Waals surface area contributed by atoms with Crippen molar-refractivity contribution < 1.29 is 19.4 Å². The van der Waals surface area contributed by atoms with Crippen LogP contribution in [0.4, 0.5) is 0 Å². The Bertz CT molecular complexity index is 922. The van der Waals surface area contributed by atoms with E-state index in [2.05, 4.69) is 20.6 Å². The Hall–Kier alpha value is -3.01. The molecule has 0 saturated carbocycles. The van der Waals surface area contributed by atoms with Crippen LogP contribution < -0.4 is 10.1 Å². The summed E-state index contributed by atoms with van der Waals surface area (Å²) in [7, 11) is 3.05. The molecule has 0 radical (unpaired) electrons. The molecule has 2 aromatic rings. The van der Waals surface area contributed by atoms with Crippen molar-refractivity contribution in [2.45, 2.75) is 45.4 Å². The number of carbonyl (C=O) groups is 2. The van der Waals surface area contributed by atoms with Gasteiger partial charge in [-0.15, -0.1) is 5.10 Å². The van der Waals surface area contributed by atoms with Crippen molar-refractivity contribution in [3.05, 3.63) is 24.4 Å². The largest absolute Gasteiger partial charge is 0.481 e. The van der Waals surface area contributed by atoms with E-state index in [1.54, 1.807) is 24.4 Å². The van der Waals surface area contributed by atoms with E-state index in [-0.39, 0.29) is 24.8 Å². The highest BCUT2D eigenvalue weighted by molar-refractivity contribution is 5.90. The van der Waals surface area contributed by atoms with Crippen molar-refractivity contribution in [1.29, 1.82) is 0 Å². The number of hydrogen-bond donors (Lipinski definition) is 2. The van der Waals surface area contributed by atoms with Gasteiger partial charge in [-0.05, 0) is 11.5 Å². The van der Waals surface area contributed by atoms with Gasteiger partial charge >= 0.3 is 0 Å². The van der Waals surface area contributed by atoms with Gasteiger partial charge in [0.25, 0.3) is 0 Å². The van der Waals surface area contributed by atoms with Crippen molar-refractivity contribution in [3.63, 3.8) is 0 Å². The first-order valence-corrected chi connectivity index (χ1v) is 9.79. The number of likely N-dealkylation sites (N-methyl/N-ethyl adjacent to an activating group) is 1. The van der Waals surface area contributed by atoms with E-state index < -0.39 is 23.6 Å². The molecule has 30 heavy (non-hydrogen) atoms. The van der Waals surface area contributed by atoms with Gasteiger partial charge in [0, 0.05) is 26.1 Å². The van der Waals surface area contributed by atoms with Gasteiger partial charge in [0.2, 0.25) is 17.7 Å². The van der Waals surface area contributed by atoms with Crippen LogP contribution in [0.5, 0.6) is 5.88 Å². The second kappa shape index (κ2) is 8.39. The predicted octanol–water partition coefficient (Wildman–Crippen LogP) is 0.644. The molecule has 0 unspecified atom stereocenters. The number of pyridine rings is 1. The topological polar surface area (TPSA) is 122 Å². The Morgan fingerprint density at radius 2 is 2.03 bits per heavy atom. The molecule has 2 N–H and O–H groups in total. The summed E-state index contributed by atoms with van der Waals surface area (Å²) in [5.41, 5.74) is 0.547. The highest BCUT2D eigenvalue weighted by Gasteiger charge is 2.45. The Balaban J connectivity index is 1.95. The van der Waals surface area contributed by atoms with E-state index in [0.717, 1.165) is 0 Å². The van der Waals surface area contributed by atoms with Crippen molar-refractivity contribution in [2.24, 2.45) is 5.41 Å². The Morgan fingerprint density at radius 3 is 2.67 bits per heavy atom. The van der Waals surface area contributed by atoms with Crippen LogP contribution >= 0.6 is 0 Å². The van der Waals surface area contributed by atoms with Crippen LogP contribution in [0, 0.1) is 5.41 Å². The van der Waals surface area contributed by atoms with Crippen LogP contribution in [0.2, 0.25) is 0 Å². The standard InChI is InChI=1S/C20H28N6O4/c1-20(2,3)17(19(29)25-10-12(27)9-15(25)18(28)21-4)26-11-14(23-24-26)13-7-6-8-16(22-13)30-5/h6-8,11-12,15,17,27H,9-10H2,1-5H3,(H,21,28)/t12-,15+,17-/m1/s1. The molecule has 3 rings (SSSR count). The lowest BCUT2D eigenvalue weighted by Crippen LogP contribution is -2.49. The fourth-order valence-corrected chi connectivity index (χ4v) is 3.70. The number of hydrogen-bond acceptors (Lipinski definition) is 7. The minimum atomic E-state index is -0.746. The molecule has 0 aromatic carbocycles. The number of β-amino-alcohol motifs (C(OH)–C–C–N with tert-alkyl or cyclic N) is 1. The lowest BCUT2D eigenvalue weighted by Gasteiger charge is -2.34. The van der Waals surface area contributed by atoms with Gasteiger partial charge in [0.1, 0.15) is 17.8 Å². The number of ether oxygens (including phenoxy) is 1. The maximum atomic E-state index is 13.5. The van der Waals surface area contributed by atoms with Crippen LogP contribution in [0.1, 0.15) is 33.2 Å². The highest BCUT2D eigenvalue weighted by Crippen LogP contribution is 2.34. The van der Waals surface area contributed by atoms with Gasteiger partial charge in [0.05, 0.1) is 25.1 Å². The number of methoxy groups -OCH3 is 1. The van der Waals surface area contributed by atoms with E-state index >= 15 is 0 Å². The number of aliphatic hydroxyl groups excluding tert-OH is 1. The minimum Gasteiger partial charge on any atom is -0.481 e. The van der Waals surface area contributed by atoms with Gasteiger partial charge < -0.3 is 20.1 Å². The summed E-state index contributed by atoms with van der Waals surface area (Å²) >= 11 is 0. The van der Waals surface area contributed by atoms with Crippen LogP contribution in [-0.4, -0.2) is 74.6 Å². The maximum absolute atomic E-state index is 13.5. The second-order valence-corrected chi connectivity index (χ2v) is 8.43. The third-order valence-corrected chi connectivity index (χ3v) is 5.14. The molecular formula is C20H28N6O4. The predicted molar refractivity (Wildman–Crippen MR) is 108 cm³/mol. The van der Waals surface area contributed by atoms with Crippen LogP contribution in [0.15, 0.2) is 24.4 Å². The zero-order valence-corrected chi connectivity index (χ0v) is 17.9. The summed E-state index contributed by atoms with van der Waals surface area (Å²) in [6.45, 7) is 5.86. The first-order chi connectivity index (χ1) is 14.2. The molecule has 2 aromatic heterocycles. The summed E-state index contributed by atoms with van der Waals surface area (Å²) in [6.07, 6.45) is 1.12. The number of aromatic nitrogens is 4. The van der Waals surface area contributed by atoms with Gasteiger partial charge in [-0.3, -0.25) is 9.59 Å². The molecule has 1 fully saturated rings. The first-order valence-electron chi connectivity index (χ1n) is 9.79. The van der Waals surface area contributed by atoms with Crippen molar-refractivity contribution >= 4 is 11.8 Å². The Labute approximate surface area is 175 Å². The van der Waals surface area contributed by atoms with Crippen molar-refractivity contribution in [3.8, 4) is 17.3 Å². The van der Waals surface area contributed by atoms with Crippen molar-refractivity contribution in [2.75, 3.05) is 20.7 Å². The SMILES string of the molecule is CNC(=O)[C@@H]1C[C@@H](O)CN1C(=O)[C@@H](n1cc(-c2cccc(OC)n2)nn1)C(C)(C)C. The van der Waals surface area contributed by atoms with Gasteiger partial charge in [-0.1, -0.05) is 32.1 Å². The molecule has 10 nitrogen and oxygen atoms in total. The van der Waals surface area contributed by atoms with E-state index in [0.29, 0.717) is 17.3 Å². The normalized spacial score (nSPS) is 20.1. The zero-order valence-electron chi connectivity index (χ0n) is 17.9. The van der Waals surface area contributed by atoms with Gasteiger partial charge in [-0.2, -0.15) is 0 Å². The molecule has 1 aliphatic heterocycles. The number of nitrogens with one attached hydrogen (secondary N) is 1. The number of rotatable bonds is 5. The lowest BCUT2D eigenvalue weighted by atomic mass is 9.85. The molecule has 0 bridgehead atoms. The van der Waals surface area contributed by atoms with Gasteiger partial charge in [0.15, 0.2) is 0 Å². The smallest absolute Gasteiger partial charge is 0.248 e. The van der Waals surface area contributed by atoms with E-state index in [1.807, 2.05) is 20.8 Å². The molecule has 2 amide bonds. The van der Waals surface area contributed by atoms with Crippen LogP contribution in [-0.2, 0) is 9.59 Å². The maximum Gasteiger partial charge on any atom is 0.248 e. The molecular weight excluding hydrogens is 388 g/mol. The average Bonchev–Trinajstić information content (AvgIpc) is 3.33. The quantitative estimate of drug-likeness (QED) is 0.733. The summed E-state index contributed by atoms with van der Waals surface area (Å²) in [5.74, 6) is -0.139. The van der Waals surface area contributed by atoms with Crippen molar-refractivity contribution in [1.82, 2.24) is 30.2 Å². The third kappa shape index (κ3) is 4.28.